The van der Waals surface area contributed by atoms with Crippen LogP contribution in [0.4, 0.5) is 0 Å². The lowest BCUT2D eigenvalue weighted by molar-refractivity contribution is -0.147. The van der Waals surface area contributed by atoms with E-state index in [9.17, 15) is 14.7 Å². The van der Waals surface area contributed by atoms with E-state index >= 15 is 0 Å². The van der Waals surface area contributed by atoms with Crippen LogP contribution in [0.1, 0.15) is 53.4 Å². The average Bonchev–Trinajstić information content (AvgIpc) is 2.67. The fraction of sp³-hybridized carbons (Fsp3) is 0.789. The number of aliphatic hydroxyl groups is 1. The summed E-state index contributed by atoms with van der Waals surface area (Å²) in [4.78, 5) is 22.7. The van der Waals surface area contributed by atoms with Crippen molar-refractivity contribution in [2.75, 3.05) is 6.61 Å². The molecule has 0 aromatic heterocycles. The first-order chi connectivity index (χ1) is 11.8. The number of ether oxygens (including phenoxy) is 3. The number of rotatable bonds is 7. The van der Waals surface area contributed by atoms with Crippen molar-refractivity contribution in [2.45, 2.75) is 71.9 Å². The number of aliphatic hydroxyl groups excluding tert-OH is 1. The molecule has 6 heteroatoms. The molecule has 2 rings (SSSR count). The molecule has 0 spiro atoms. The summed E-state index contributed by atoms with van der Waals surface area (Å²) in [6, 6.07) is 0. The van der Waals surface area contributed by atoms with E-state index in [1.165, 1.54) is 12.5 Å². The minimum absolute atomic E-state index is 0.0107. The van der Waals surface area contributed by atoms with Gasteiger partial charge in [0, 0.05) is 19.3 Å². The number of hydrogen-bond acceptors (Lipinski definition) is 6. The van der Waals surface area contributed by atoms with E-state index in [0.717, 1.165) is 12.8 Å². The predicted molar refractivity (Wildman–Crippen MR) is 91.4 cm³/mol. The van der Waals surface area contributed by atoms with Gasteiger partial charge in [-0.05, 0) is 32.1 Å². The Kier molecular flexibility index (Phi) is 7.02. The van der Waals surface area contributed by atoms with E-state index in [0.29, 0.717) is 12.8 Å². The molecule has 0 bridgehead atoms. The van der Waals surface area contributed by atoms with Crippen molar-refractivity contribution >= 4 is 11.9 Å². The zero-order valence-corrected chi connectivity index (χ0v) is 15.6. The first-order valence-corrected chi connectivity index (χ1v) is 9.14. The first-order valence-electron chi connectivity index (χ1n) is 9.14. The van der Waals surface area contributed by atoms with Crippen LogP contribution in [0.2, 0.25) is 0 Å². The van der Waals surface area contributed by atoms with Gasteiger partial charge in [-0.25, -0.2) is 0 Å². The Balaban J connectivity index is 2.00. The molecular formula is C19H30O6. The van der Waals surface area contributed by atoms with Crippen LogP contribution in [-0.2, 0) is 23.8 Å². The monoisotopic (exact) mass is 354 g/mol. The molecule has 2 aliphatic rings. The number of allylic oxidation sites excluding steroid dienone is 1. The predicted octanol–water partition coefficient (Wildman–Crippen LogP) is 2.59. The zero-order chi connectivity index (χ0) is 18.6. The Hall–Kier alpha value is -1.40. The molecule has 1 aliphatic carbocycles. The lowest BCUT2D eigenvalue weighted by atomic mass is 9.87. The van der Waals surface area contributed by atoms with E-state index in [1.54, 1.807) is 6.92 Å². The SMILES string of the molecule is CC(=O)OCCC(CC1=CC[C@@H]2C(C)C(=O)O[C@H]2C[C@@H]1C)OC(C)O. The van der Waals surface area contributed by atoms with Crippen molar-refractivity contribution < 1.29 is 28.9 Å². The highest BCUT2D eigenvalue weighted by atomic mass is 16.6. The molecular weight excluding hydrogens is 324 g/mol. The van der Waals surface area contributed by atoms with Gasteiger partial charge in [-0.15, -0.1) is 0 Å². The summed E-state index contributed by atoms with van der Waals surface area (Å²) < 4.78 is 16.1. The molecule has 1 fully saturated rings. The second-order valence-corrected chi connectivity index (χ2v) is 7.27. The summed E-state index contributed by atoms with van der Waals surface area (Å²) in [7, 11) is 0. The standard InChI is InChI=1S/C19H30O6/c1-11-9-18-17(12(2)19(22)25-18)6-5-15(11)10-16(24-14(4)21)7-8-23-13(3)20/h5,11-12,14,16-18,21H,6-10H2,1-4H3/t11-,12?,14?,16?,17+,18-/m0/s1. The highest BCUT2D eigenvalue weighted by Gasteiger charge is 2.43. The molecule has 25 heavy (non-hydrogen) atoms. The minimum Gasteiger partial charge on any atom is -0.466 e. The van der Waals surface area contributed by atoms with E-state index in [1.807, 2.05) is 6.92 Å². The van der Waals surface area contributed by atoms with Gasteiger partial charge in [-0.1, -0.05) is 25.5 Å². The van der Waals surface area contributed by atoms with E-state index in [-0.39, 0.29) is 48.5 Å². The van der Waals surface area contributed by atoms with Gasteiger partial charge in [0.15, 0.2) is 6.29 Å². The van der Waals surface area contributed by atoms with Crippen LogP contribution < -0.4 is 0 Å². The average molecular weight is 354 g/mol. The molecule has 1 N–H and O–H groups in total. The van der Waals surface area contributed by atoms with Gasteiger partial charge < -0.3 is 19.3 Å². The molecule has 0 saturated carbocycles. The smallest absolute Gasteiger partial charge is 0.309 e. The number of carbonyl (C=O) groups is 2. The maximum absolute atomic E-state index is 11.8. The third kappa shape index (κ3) is 5.54. The lowest BCUT2D eigenvalue weighted by Gasteiger charge is -2.24. The van der Waals surface area contributed by atoms with Gasteiger partial charge in [-0.3, -0.25) is 9.59 Å². The molecule has 1 aliphatic heterocycles. The molecule has 0 aromatic carbocycles. The van der Waals surface area contributed by atoms with E-state index < -0.39 is 6.29 Å². The molecule has 142 valence electrons. The van der Waals surface area contributed by atoms with Crippen LogP contribution in [0.25, 0.3) is 0 Å². The highest BCUT2D eigenvalue weighted by Crippen LogP contribution is 2.40. The Morgan fingerprint density at radius 3 is 2.80 bits per heavy atom. The van der Waals surface area contributed by atoms with Crippen LogP contribution in [-0.4, -0.2) is 42.1 Å². The molecule has 0 radical (unpaired) electrons. The topological polar surface area (TPSA) is 82.1 Å². The fourth-order valence-corrected chi connectivity index (χ4v) is 3.79. The van der Waals surface area contributed by atoms with Crippen LogP contribution in [0.5, 0.6) is 0 Å². The maximum Gasteiger partial charge on any atom is 0.309 e. The van der Waals surface area contributed by atoms with Gasteiger partial charge in [0.05, 0.1) is 18.6 Å². The lowest BCUT2D eigenvalue weighted by Crippen LogP contribution is -2.24. The zero-order valence-electron chi connectivity index (χ0n) is 15.6. The number of carbonyl (C=O) groups excluding carboxylic acids is 2. The first kappa shape index (κ1) is 19.9. The number of fused-ring (bicyclic) bond motifs is 1. The van der Waals surface area contributed by atoms with Crippen molar-refractivity contribution in [1.29, 1.82) is 0 Å². The molecule has 6 atom stereocenters. The van der Waals surface area contributed by atoms with Gasteiger partial charge >= 0.3 is 11.9 Å². The highest BCUT2D eigenvalue weighted by molar-refractivity contribution is 5.74. The maximum atomic E-state index is 11.8. The van der Waals surface area contributed by atoms with Crippen molar-refractivity contribution in [1.82, 2.24) is 0 Å². The molecule has 3 unspecified atom stereocenters. The number of hydrogen-bond donors (Lipinski definition) is 1. The number of esters is 2. The third-order valence-electron chi connectivity index (χ3n) is 5.23. The second-order valence-electron chi connectivity index (χ2n) is 7.27. The molecule has 0 aromatic rings. The molecule has 1 saturated heterocycles. The van der Waals surface area contributed by atoms with Crippen LogP contribution >= 0.6 is 0 Å². The molecule has 6 nitrogen and oxygen atoms in total. The summed E-state index contributed by atoms with van der Waals surface area (Å²) in [5.41, 5.74) is 1.26. The van der Waals surface area contributed by atoms with E-state index in [4.69, 9.17) is 14.2 Å². The quantitative estimate of drug-likeness (QED) is 0.430. The summed E-state index contributed by atoms with van der Waals surface area (Å²) in [5.74, 6) is 0.0602. The van der Waals surface area contributed by atoms with Crippen LogP contribution in [0.3, 0.4) is 0 Å². The van der Waals surface area contributed by atoms with Gasteiger partial charge in [0.1, 0.15) is 6.10 Å². The van der Waals surface area contributed by atoms with Crippen molar-refractivity contribution in [2.24, 2.45) is 17.8 Å². The van der Waals surface area contributed by atoms with Gasteiger partial charge in [0.25, 0.3) is 0 Å². The summed E-state index contributed by atoms with van der Waals surface area (Å²) >= 11 is 0. The van der Waals surface area contributed by atoms with Crippen LogP contribution in [0, 0.1) is 17.8 Å². The third-order valence-corrected chi connectivity index (χ3v) is 5.23. The Bertz CT molecular complexity index is 512. The molecule has 0 amide bonds. The van der Waals surface area contributed by atoms with Gasteiger partial charge in [-0.2, -0.15) is 0 Å². The van der Waals surface area contributed by atoms with Gasteiger partial charge in [0.2, 0.25) is 0 Å². The minimum atomic E-state index is -0.871. The van der Waals surface area contributed by atoms with Crippen LogP contribution in [0.15, 0.2) is 11.6 Å². The summed E-state index contributed by atoms with van der Waals surface area (Å²) in [5, 5.41) is 9.57. The van der Waals surface area contributed by atoms with E-state index in [2.05, 4.69) is 13.0 Å². The van der Waals surface area contributed by atoms with Crippen molar-refractivity contribution in [3.05, 3.63) is 11.6 Å². The van der Waals surface area contributed by atoms with Crippen molar-refractivity contribution in [3.63, 3.8) is 0 Å². The second kappa shape index (κ2) is 8.81. The fourth-order valence-electron chi connectivity index (χ4n) is 3.79. The Morgan fingerprint density at radius 2 is 2.16 bits per heavy atom. The Labute approximate surface area is 149 Å². The molecule has 1 heterocycles. The normalized spacial score (nSPS) is 31.4. The summed E-state index contributed by atoms with van der Waals surface area (Å²) in [6.45, 7) is 7.30. The Morgan fingerprint density at radius 1 is 1.44 bits per heavy atom. The largest absolute Gasteiger partial charge is 0.466 e. The summed E-state index contributed by atoms with van der Waals surface area (Å²) in [6.07, 6.45) is 3.96. The van der Waals surface area contributed by atoms with Crippen molar-refractivity contribution in [3.8, 4) is 0 Å².